The number of carbonyl (C=O) groups excluding carboxylic acids is 1. The quantitative estimate of drug-likeness (QED) is 0.799. The van der Waals surface area contributed by atoms with Gasteiger partial charge in [0.1, 0.15) is 16.9 Å². The molecule has 2 heterocycles. The van der Waals surface area contributed by atoms with E-state index in [1.165, 1.54) is 7.11 Å². The lowest BCUT2D eigenvalue weighted by Crippen LogP contribution is -2.14. The van der Waals surface area contributed by atoms with E-state index in [-0.39, 0.29) is 17.4 Å². The van der Waals surface area contributed by atoms with Crippen LogP contribution in [0.2, 0.25) is 0 Å². The molecule has 0 aliphatic carbocycles. The molecular weight excluding hydrogens is 268 g/mol. The molecule has 1 unspecified atom stereocenters. The molecular formula is C10H14N6O2S. The second kappa shape index (κ2) is 5.22. The normalized spacial score (nSPS) is 12.2. The molecule has 9 heteroatoms. The Bertz CT molecular complexity index is 593. The molecule has 8 nitrogen and oxygen atoms in total. The third kappa shape index (κ3) is 2.50. The molecule has 0 aliphatic rings. The highest BCUT2D eigenvalue weighted by Crippen LogP contribution is 2.30. The number of hydrogen-bond donors (Lipinski definition) is 2. The van der Waals surface area contributed by atoms with Gasteiger partial charge in [0.2, 0.25) is 0 Å². The van der Waals surface area contributed by atoms with E-state index in [0.29, 0.717) is 5.00 Å². The van der Waals surface area contributed by atoms with Gasteiger partial charge in [0.25, 0.3) is 0 Å². The topological polar surface area (TPSA) is 108 Å². The Morgan fingerprint density at radius 3 is 2.95 bits per heavy atom. The van der Waals surface area contributed by atoms with Gasteiger partial charge in [0, 0.05) is 7.05 Å². The Balaban J connectivity index is 2.25. The summed E-state index contributed by atoms with van der Waals surface area (Å²) in [4.78, 5) is 11.6. The third-order valence-electron chi connectivity index (χ3n) is 2.59. The number of nitrogen functional groups attached to an aromatic ring is 1. The van der Waals surface area contributed by atoms with Gasteiger partial charge >= 0.3 is 5.97 Å². The first-order valence-electron chi connectivity index (χ1n) is 5.48. The summed E-state index contributed by atoms with van der Waals surface area (Å²) < 4.78 is 10.4. The van der Waals surface area contributed by atoms with Gasteiger partial charge in [-0.05, 0) is 18.5 Å². The first kappa shape index (κ1) is 13.3. The Labute approximate surface area is 113 Å². The predicted octanol–water partition coefficient (Wildman–Crippen LogP) is 0.813. The van der Waals surface area contributed by atoms with Crippen LogP contribution in [0.3, 0.4) is 0 Å². The van der Waals surface area contributed by atoms with E-state index >= 15 is 0 Å². The molecule has 2 rings (SSSR count). The number of nitrogens with zero attached hydrogens (tertiary/aromatic N) is 4. The van der Waals surface area contributed by atoms with Crippen molar-refractivity contribution in [3.8, 4) is 0 Å². The Hall–Kier alpha value is -2.16. The van der Waals surface area contributed by atoms with Crippen LogP contribution in [0.5, 0.6) is 0 Å². The van der Waals surface area contributed by atoms with Gasteiger partial charge in [-0.1, -0.05) is 0 Å². The third-order valence-corrected chi connectivity index (χ3v) is 3.38. The lowest BCUT2D eigenvalue weighted by atomic mass is 10.2. The molecule has 2 aromatic heterocycles. The van der Waals surface area contributed by atoms with Crippen LogP contribution in [0.15, 0.2) is 6.33 Å². The molecule has 0 saturated carbocycles. The molecule has 0 saturated heterocycles. The van der Waals surface area contributed by atoms with Crippen molar-refractivity contribution in [1.29, 1.82) is 0 Å². The predicted molar refractivity (Wildman–Crippen MR) is 70.9 cm³/mol. The van der Waals surface area contributed by atoms with E-state index in [4.69, 9.17) is 5.73 Å². The minimum atomic E-state index is -0.515. The van der Waals surface area contributed by atoms with Gasteiger partial charge in [-0.15, -0.1) is 10.2 Å². The number of hydrogen-bond acceptors (Lipinski definition) is 8. The summed E-state index contributed by atoms with van der Waals surface area (Å²) in [6, 6.07) is -0.143. The molecule has 0 spiro atoms. The average Bonchev–Trinajstić information content (AvgIpc) is 2.95. The van der Waals surface area contributed by atoms with E-state index in [0.717, 1.165) is 17.4 Å². The Morgan fingerprint density at radius 1 is 1.63 bits per heavy atom. The molecule has 0 bridgehead atoms. The maximum absolute atomic E-state index is 11.6. The lowest BCUT2D eigenvalue weighted by Gasteiger charge is -2.13. The number of nitrogens with one attached hydrogen (secondary N) is 1. The maximum Gasteiger partial charge on any atom is 0.344 e. The van der Waals surface area contributed by atoms with Gasteiger partial charge in [-0.2, -0.15) is 4.37 Å². The molecule has 0 aromatic carbocycles. The highest BCUT2D eigenvalue weighted by atomic mass is 32.1. The minimum absolute atomic E-state index is 0.143. The molecule has 0 fully saturated rings. The van der Waals surface area contributed by atoms with Crippen LogP contribution in [0.25, 0.3) is 0 Å². The summed E-state index contributed by atoms with van der Waals surface area (Å²) in [6.45, 7) is 1.90. The van der Waals surface area contributed by atoms with Crippen LogP contribution in [-0.4, -0.2) is 32.2 Å². The van der Waals surface area contributed by atoms with Crippen LogP contribution in [0.4, 0.5) is 10.8 Å². The second-order valence-electron chi connectivity index (χ2n) is 3.93. The van der Waals surface area contributed by atoms with Gasteiger partial charge in [0.15, 0.2) is 11.6 Å². The fourth-order valence-corrected chi connectivity index (χ4v) is 2.44. The number of esters is 1. The van der Waals surface area contributed by atoms with E-state index in [1.54, 1.807) is 10.9 Å². The lowest BCUT2D eigenvalue weighted by molar-refractivity contribution is 0.0603. The zero-order valence-electron chi connectivity index (χ0n) is 10.7. The smallest absolute Gasteiger partial charge is 0.344 e. The minimum Gasteiger partial charge on any atom is -0.465 e. The number of aryl methyl sites for hydroxylation is 1. The van der Waals surface area contributed by atoms with E-state index < -0.39 is 5.97 Å². The molecule has 0 radical (unpaired) electrons. The fourth-order valence-electron chi connectivity index (χ4n) is 1.65. The van der Waals surface area contributed by atoms with Gasteiger partial charge in [-0.3, -0.25) is 0 Å². The van der Waals surface area contributed by atoms with Gasteiger partial charge < -0.3 is 20.4 Å². The highest BCUT2D eigenvalue weighted by molar-refractivity contribution is 7.11. The van der Waals surface area contributed by atoms with Gasteiger partial charge in [-0.25, -0.2) is 4.79 Å². The van der Waals surface area contributed by atoms with Crippen molar-refractivity contribution >= 4 is 28.3 Å². The summed E-state index contributed by atoms with van der Waals surface area (Å²) in [5.74, 6) is 0.381. The monoisotopic (exact) mass is 282 g/mol. The largest absolute Gasteiger partial charge is 0.465 e. The number of ether oxygens (including phenoxy) is 1. The number of methoxy groups -OCH3 is 1. The van der Waals surface area contributed by atoms with Crippen molar-refractivity contribution in [2.24, 2.45) is 7.05 Å². The Kier molecular flexibility index (Phi) is 3.65. The van der Waals surface area contributed by atoms with Crippen molar-refractivity contribution in [2.75, 3.05) is 18.2 Å². The zero-order valence-corrected chi connectivity index (χ0v) is 11.6. The molecule has 0 aliphatic heterocycles. The summed E-state index contributed by atoms with van der Waals surface area (Å²) in [7, 11) is 3.14. The van der Waals surface area contributed by atoms with Crippen molar-refractivity contribution in [2.45, 2.75) is 13.0 Å². The van der Waals surface area contributed by atoms with Crippen LogP contribution in [-0.2, 0) is 11.8 Å². The summed E-state index contributed by atoms with van der Waals surface area (Å²) in [5, 5.41) is 11.5. The first-order chi connectivity index (χ1) is 9.04. The van der Waals surface area contributed by atoms with E-state index in [2.05, 4.69) is 24.6 Å². The zero-order chi connectivity index (χ0) is 14.0. The number of rotatable bonds is 4. The molecule has 2 aromatic rings. The average molecular weight is 282 g/mol. The second-order valence-corrected chi connectivity index (χ2v) is 4.70. The number of nitrogens with two attached hydrogens (primary N) is 1. The van der Waals surface area contributed by atoms with Crippen molar-refractivity contribution < 1.29 is 9.53 Å². The molecule has 19 heavy (non-hydrogen) atoms. The van der Waals surface area contributed by atoms with Gasteiger partial charge in [0.05, 0.1) is 13.2 Å². The number of carbonyl (C=O) groups is 1. The first-order valence-corrected chi connectivity index (χ1v) is 6.25. The summed E-state index contributed by atoms with van der Waals surface area (Å²) >= 11 is 1.11. The molecule has 3 N–H and O–H groups in total. The summed E-state index contributed by atoms with van der Waals surface area (Å²) in [5.41, 5.74) is 5.92. The molecule has 0 amide bonds. The van der Waals surface area contributed by atoms with E-state index in [9.17, 15) is 4.79 Å². The number of anilines is 2. The maximum atomic E-state index is 11.6. The van der Waals surface area contributed by atoms with Crippen LogP contribution in [0, 0.1) is 0 Å². The van der Waals surface area contributed by atoms with E-state index in [1.807, 2.05) is 14.0 Å². The van der Waals surface area contributed by atoms with Crippen LogP contribution < -0.4 is 11.1 Å². The Morgan fingerprint density at radius 2 is 2.37 bits per heavy atom. The van der Waals surface area contributed by atoms with Crippen LogP contribution in [0.1, 0.15) is 29.1 Å². The fraction of sp³-hybridized carbons (Fsp3) is 0.400. The summed E-state index contributed by atoms with van der Waals surface area (Å²) in [6.07, 6.45) is 1.61. The number of aromatic nitrogens is 4. The SMILES string of the molecule is COC(=O)c1c(N)nsc1NC(C)c1nncn1C. The van der Waals surface area contributed by atoms with Crippen LogP contribution >= 0.6 is 11.5 Å². The molecule has 102 valence electrons. The van der Waals surface area contributed by atoms with Crippen molar-refractivity contribution in [3.05, 3.63) is 17.7 Å². The highest BCUT2D eigenvalue weighted by Gasteiger charge is 2.22. The molecule has 1 atom stereocenters. The van der Waals surface area contributed by atoms with Crippen molar-refractivity contribution in [3.63, 3.8) is 0 Å². The van der Waals surface area contributed by atoms with Crippen molar-refractivity contribution in [1.82, 2.24) is 19.1 Å². The standard InChI is InChI=1S/C10H14N6O2S/c1-5(8-14-12-4-16(8)2)13-9-6(10(17)18-3)7(11)15-19-9/h4-5,13H,1-3H3,(H2,11,15).